The van der Waals surface area contributed by atoms with E-state index in [0.717, 1.165) is 25.0 Å². The number of allylic oxidation sites excluding steroid dienone is 1. The van der Waals surface area contributed by atoms with Crippen LogP contribution in [-0.2, 0) is 25.6 Å². The molecule has 1 aromatic rings. The van der Waals surface area contributed by atoms with Gasteiger partial charge < -0.3 is 19.7 Å². The van der Waals surface area contributed by atoms with E-state index < -0.39 is 11.6 Å². The number of amides is 2. The molecule has 0 unspecified atom stereocenters. The Balaban J connectivity index is 1.44. The summed E-state index contributed by atoms with van der Waals surface area (Å²) in [6.45, 7) is 3.94. The lowest BCUT2D eigenvalue weighted by molar-refractivity contribution is -0.134. The van der Waals surface area contributed by atoms with Crippen molar-refractivity contribution < 1.29 is 27.8 Å². The fraction of sp³-hybridized carbons (Fsp3) is 0.524. The van der Waals surface area contributed by atoms with Crippen LogP contribution in [0.3, 0.4) is 0 Å². The van der Waals surface area contributed by atoms with Gasteiger partial charge in [0.25, 0.3) is 5.91 Å². The molecular formula is C21H26F2N2O4. The molecule has 1 aromatic carbocycles. The number of benzene rings is 1. The predicted octanol–water partition coefficient (Wildman–Crippen LogP) is 2.88. The first-order chi connectivity index (χ1) is 13.9. The molecule has 8 heteroatoms. The summed E-state index contributed by atoms with van der Waals surface area (Å²) < 4.78 is 37.0. The highest BCUT2D eigenvalue weighted by atomic mass is 19.2. The van der Waals surface area contributed by atoms with Crippen molar-refractivity contribution in [2.45, 2.75) is 39.2 Å². The Hall–Kier alpha value is -2.64. The summed E-state index contributed by atoms with van der Waals surface area (Å²) in [5.41, 5.74) is 0.505. The summed E-state index contributed by atoms with van der Waals surface area (Å²) in [4.78, 5) is 26.6. The number of hydrogen-bond donors (Lipinski definition) is 1. The molecule has 29 heavy (non-hydrogen) atoms. The van der Waals surface area contributed by atoms with Crippen molar-refractivity contribution in [3.63, 3.8) is 0 Å². The number of rotatable bonds is 6. The van der Waals surface area contributed by atoms with Crippen molar-refractivity contribution in [1.29, 1.82) is 0 Å². The van der Waals surface area contributed by atoms with E-state index in [1.165, 1.54) is 6.07 Å². The third-order valence-electron chi connectivity index (χ3n) is 5.22. The van der Waals surface area contributed by atoms with Crippen LogP contribution in [0.15, 0.2) is 29.7 Å². The summed E-state index contributed by atoms with van der Waals surface area (Å²) >= 11 is 0. The molecular weight excluding hydrogens is 382 g/mol. The van der Waals surface area contributed by atoms with E-state index >= 15 is 0 Å². The molecule has 2 aliphatic rings. The predicted molar refractivity (Wildman–Crippen MR) is 101 cm³/mol. The molecule has 2 aliphatic heterocycles. The maximum absolute atomic E-state index is 13.2. The highest BCUT2D eigenvalue weighted by Gasteiger charge is 2.29. The standard InChI is InChI=1S/C21H26F2N2O4/c1-14-20(29-10-9-28-14)21(27)25-8-2-3-15(13-25)5-7-19(26)24-12-16-4-6-17(22)18(23)11-16/h4,6,11,15H,2-3,5,7-10,12-13H2,1H3,(H,24,26)/t15-/m1/s1. The van der Waals surface area contributed by atoms with Crippen LogP contribution in [0.25, 0.3) is 0 Å². The molecule has 1 saturated heterocycles. The van der Waals surface area contributed by atoms with E-state index in [9.17, 15) is 18.4 Å². The van der Waals surface area contributed by atoms with Crippen molar-refractivity contribution >= 4 is 11.8 Å². The van der Waals surface area contributed by atoms with Gasteiger partial charge in [0.1, 0.15) is 19.0 Å². The van der Waals surface area contributed by atoms with E-state index in [1.54, 1.807) is 11.8 Å². The maximum atomic E-state index is 13.2. The number of carbonyl (C=O) groups excluding carboxylic acids is 2. The van der Waals surface area contributed by atoms with Gasteiger partial charge in [-0.15, -0.1) is 0 Å². The molecule has 0 aliphatic carbocycles. The van der Waals surface area contributed by atoms with Gasteiger partial charge in [-0.3, -0.25) is 9.59 Å². The van der Waals surface area contributed by atoms with Crippen LogP contribution < -0.4 is 5.32 Å². The first-order valence-electron chi connectivity index (χ1n) is 9.90. The minimum Gasteiger partial charge on any atom is -0.491 e. The molecule has 2 heterocycles. The normalized spacial score (nSPS) is 19.4. The second kappa shape index (κ2) is 9.71. The molecule has 0 saturated carbocycles. The number of hydrogen-bond acceptors (Lipinski definition) is 4. The summed E-state index contributed by atoms with van der Waals surface area (Å²) in [5, 5.41) is 2.72. The molecule has 1 atom stereocenters. The monoisotopic (exact) mass is 408 g/mol. The summed E-state index contributed by atoms with van der Waals surface area (Å²) in [6, 6.07) is 3.56. The van der Waals surface area contributed by atoms with Gasteiger partial charge in [-0.1, -0.05) is 6.07 Å². The number of likely N-dealkylation sites (tertiary alicyclic amines) is 1. The van der Waals surface area contributed by atoms with Crippen molar-refractivity contribution in [2.24, 2.45) is 5.92 Å². The zero-order valence-corrected chi connectivity index (χ0v) is 16.5. The minimum atomic E-state index is -0.929. The molecule has 1 N–H and O–H groups in total. The van der Waals surface area contributed by atoms with E-state index in [4.69, 9.17) is 9.47 Å². The van der Waals surface area contributed by atoms with Crippen LogP contribution in [-0.4, -0.2) is 43.0 Å². The Bertz CT molecular complexity index is 797. The molecule has 0 aromatic heterocycles. The van der Waals surface area contributed by atoms with Gasteiger partial charge in [-0.05, 0) is 49.8 Å². The highest BCUT2D eigenvalue weighted by Crippen LogP contribution is 2.24. The van der Waals surface area contributed by atoms with Gasteiger partial charge in [0, 0.05) is 26.1 Å². The lowest BCUT2D eigenvalue weighted by atomic mass is 9.93. The van der Waals surface area contributed by atoms with Crippen LogP contribution in [0.2, 0.25) is 0 Å². The quantitative estimate of drug-likeness (QED) is 0.786. The number of piperidine rings is 1. The Kier molecular flexibility index (Phi) is 7.06. The first-order valence-corrected chi connectivity index (χ1v) is 9.90. The van der Waals surface area contributed by atoms with Crippen molar-refractivity contribution in [3.8, 4) is 0 Å². The van der Waals surface area contributed by atoms with Crippen molar-refractivity contribution in [2.75, 3.05) is 26.3 Å². The lowest BCUT2D eigenvalue weighted by Gasteiger charge is -2.34. The topological polar surface area (TPSA) is 67.9 Å². The average molecular weight is 408 g/mol. The lowest BCUT2D eigenvalue weighted by Crippen LogP contribution is -2.42. The molecule has 1 fully saturated rings. The van der Waals surface area contributed by atoms with Crippen LogP contribution in [0.5, 0.6) is 0 Å². The molecule has 6 nitrogen and oxygen atoms in total. The molecule has 0 spiro atoms. The van der Waals surface area contributed by atoms with Gasteiger partial charge in [-0.2, -0.15) is 0 Å². The zero-order valence-electron chi connectivity index (χ0n) is 16.5. The number of nitrogens with zero attached hydrogens (tertiary/aromatic N) is 1. The van der Waals surface area contributed by atoms with Crippen LogP contribution >= 0.6 is 0 Å². The maximum Gasteiger partial charge on any atom is 0.292 e. The van der Waals surface area contributed by atoms with Gasteiger partial charge in [0.15, 0.2) is 11.6 Å². The van der Waals surface area contributed by atoms with Gasteiger partial charge in [0.2, 0.25) is 11.7 Å². The van der Waals surface area contributed by atoms with E-state index in [-0.39, 0.29) is 30.0 Å². The van der Waals surface area contributed by atoms with Crippen molar-refractivity contribution in [3.05, 3.63) is 46.9 Å². The largest absolute Gasteiger partial charge is 0.491 e. The number of ether oxygens (including phenoxy) is 2. The van der Waals surface area contributed by atoms with E-state index in [0.29, 0.717) is 50.5 Å². The second-order valence-corrected chi connectivity index (χ2v) is 7.41. The first kappa shape index (κ1) is 21.1. The summed E-state index contributed by atoms with van der Waals surface area (Å²) in [7, 11) is 0. The van der Waals surface area contributed by atoms with Gasteiger partial charge in [0.05, 0.1) is 0 Å². The van der Waals surface area contributed by atoms with Crippen LogP contribution in [0, 0.1) is 17.6 Å². The SMILES string of the molecule is CC1=C(C(=O)N2CCC[C@H](CCC(=O)NCc3ccc(F)c(F)c3)C2)OCCO1. The third-order valence-corrected chi connectivity index (χ3v) is 5.22. The van der Waals surface area contributed by atoms with Gasteiger partial charge in [-0.25, -0.2) is 8.78 Å². The smallest absolute Gasteiger partial charge is 0.292 e. The summed E-state index contributed by atoms with van der Waals surface area (Å²) in [5.74, 6) is -1.13. The zero-order chi connectivity index (χ0) is 20.8. The highest BCUT2D eigenvalue weighted by molar-refractivity contribution is 5.92. The third kappa shape index (κ3) is 5.68. The van der Waals surface area contributed by atoms with Crippen LogP contribution in [0.4, 0.5) is 8.78 Å². The Labute approximate surface area is 168 Å². The van der Waals surface area contributed by atoms with Crippen molar-refractivity contribution in [1.82, 2.24) is 10.2 Å². The van der Waals surface area contributed by atoms with Gasteiger partial charge >= 0.3 is 0 Å². The Morgan fingerprint density at radius 3 is 2.76 bits per heavy atom. The minimum absolute atomic E-state index is 0.149. The van der Waals surface area contributed by atoms with Crippen LogP contribution in [0.1, 0.15) is 38.2 Å². The number of halogens is 2. The van der Waals surface area contributed by atoms with E-state index in [1.807, 2.05) is 0 Å². The summed E-state index contributed by atoms with van der Waals surface area (Å²) in [6.07, 6.45) is 2.80. The number of nitrogens with one attached hydrogen (secondary N) is 1. The fourth-order valence-corrected chi connectivity index (χ4v) is 3.62. The second-order valence-electron chi connectivity index (χ2n) is 7.41. The Morgan fingerprint density at radius 1 is 1.21 bits per heavy atom. The molecule has 158 valence electrons. The van der Waals surface area contributed by atoms with E-state index in [2.05, 4.69) is 5.32 Å². The number of carbonyl (C=O) groups is 2. The molecule has 3 rings (SSSR count). The molecule has 2 amide bonds. The average Bonchev–Trinajstić information content (AvgIpc) is 2.73. The molecule has 0 bridgehead atoms. The Morgan fingerprint density at radius 2 is 2.00 bits per heavy atom. The fourth-order valence-electron chi connectivity index (χ4n) is 3.62. The molecule has 0 radical (unpaired) electrons.